The van der Waals surface area contributed by atoms with Crippen molar-refractivity contribution in [3.05, 3.63) is 47.3 Å². The van der Waals surface area contributed by atoms with Crippen LogP contribution in [0.5, 0.6) is 5.75 Å². The van der Waals surface area contributed by atoms with Crippen LogP contribution in [0, 0.1) is 0 Å². The fraction of sp³-hybridized carbons (Fsp3) is 0.250. The van der Waals surface area contributed by atoms with Gasteiger partial charge in [-0.3, -0.25) is 0 Å². The number of rotatable bonds is 6. The van der Waals surface area contributed by atoms with Crippen LogP contribution < -0.4 is 10.1 Å². The number of nitrogens with one attached hydrogen (secondary N) is 1. The lowest BCUT2D eigenvalue weighted by molar-refractivity contribution is -0.140. The first-order chi connectivity index (χ1) is 13.6. The van der Waals surface area contributed by atoms with Crippen LogP contribution in [0.3, 0.4) is 0 Å². The number of hydrogen-bond acceptors (Lipinski definition) is 6. The highest BCUT2D eigenvalue weighted by Gasteiger charge is 2.34. The van der Waals surface area contributed by atoms with Gasteiger partial charge < -0.3 is 14.6 Å². The minimum atomic E-state index is -4.63. The van der Waals surface area contributed by atoms with Crippen LogP contribution in [0.25, 0.3) is 11.4 Å². The SMILES string of the molecule is Cn1cc(C(F)(F)F)nc1-c1ccc(CNc2ncnc(Cl)n2)c(OC(F)F)c1. The summed E-state index contributed by atoms with van der Waals surface area (Å²) in [6, 6.07) is 4.05. The molecule has 0 fully saturated rings. The minimum Gasteiger partial charge on any atom is -0.434 e. The lowest BCUT2D eigenvalue weighted by atomic mass is 10.1. The van der Waals surface area contributed by atoms with E-state index in [9.17, 15) is 22.0 Å². The van der Waals surface area contributed by atoms with Crippen LogP contribution in [0.2, 0.25) is 5.28 Å². The number of aromatic nitrogens is 5. The van der Waals surface area contributed by atoms with Crippen LogP contribution in [0.15, 0.2) is 30.7 Å². The normalized spacial score (nSPS) is 11.7. The van der Waals surface area contributed by atoms with Crippen molar-refractivity contribution in [2.45, 2.75) is 19.3 Å². The fourth-order valence-corrected chi connectivity index (χ4v) is 2.58. The predicted molar refractivity (Wildman–Crippen MR) is 92.4 cm³/mol. The average Bonchev–Trinajstić information content (AvgIpc) is 3.02. The smallest absolute Gasteiger partial charge is 0.434 e. The molecule has 0 radical (unpaired) electrons. The van der Waals surface area contributed by atoms with Gasteiger partial charge in [-0.1, -0.05) is 12.1 Å². The molecule has 1 aromatic carbocycles. The molecule has 0 spiro atoms. The van der Waals surface area contributed by atoms with Gasteiger partial charge in [0, 0.05) is 30.9 Å². The Balaban J connectivity index is 1.91. The topological polar surface area (TPSA) is 77.8 Å². The lowest BCUT2D eigenvalue weighted by Crippen LogP contribution is -2.09. The molecule has 0 saturated carbocycles. The molecular weight excluding hydrogens is 423 g/mol. The number of ether oxygens (including phenoxy) is 1. The molecule has 0 aliphatic rings. The zero-order chi connectivity index (χ0) is 21.2. The van der Waals surface area contributed by atoms with E-state index in [0.29, 0.717) is 0 Å². The van der Waals surface area contributed by atoms with Gasteiger partial charge >= 0.3 is 12.8 Å². The molecule has 1 N–H and O–H groups in total. The van der Waals surface area contributed by atoms with Crippen molar-refractivity contribution in [1.82, 2.24) is 24.5 Å². The molecule has 0 saturated heterocycles. The van der Waals surface area contributed by atoms with Crippen LogP contribution in [0.4, 0.5) is 27.9 Å². The molecule has 13 heteroatoms. The zero-order valence-corrected chi connectivity index (χ0v) is 15.3. The number of imidazole rings is 1. The minimum absolute atomic E-state index is 0.0168. The zero-order valence-electron chi connectivity index (χ0n) is 14.6. The molecule has 0 atom stereocenters. The second kappa shape index (κ2) is 8.15. The quantitative estimate of drug-likeness (QED) is 0.587. The Morgan fingerprint density at radius 1 is 1.21 bits per heavy atom. The standard InChI is InChI=1S/C16H12ClF5N6O/c1-28-6-11(16(20,21)22)26-12(28)8-2-3-9(10(4-8)29-14(18)19)5-23-15-25-7-24-13(17)27-15/h2-4,6-7,14H,5H2,1H3,(H,23,24,25,27). The van der Waals surface area contributed by atoms with Crippen molar-refractivity contribution < 1.29 is 26.7 Å². The van der Waals surface area contributed by atoms with Crippen molar-refractivity contribution in [2.75, 3.05) is 5.32 Å². The van der Waals surface area contributed by atoms with Crippen LogP contribution >= 0.6 is 11.6 Å². The Morgan fingerprint density at radius 2 is 1.97 bits per heavy atom. The van der Waals surface area contributed by atoms with Gasteiger partial charge in [0.1, 0.15) is 17.9 Å². The largest absolute Gasteiger partial charge is 0.434 e. The summed E-state index contributed by atoms with van der Waals surface area (Å²) in [6.45, 7) is -3.15. The van der Waals surface area contributed by atoms with Gasteiger partial charge in [-0.25, -0.2) is 15.0 Å². The van der Waals surface area contributed by atoms with Gasteiger partial charge in [0.05, 0.1) is 0 Å². The molecular formula is C16H12ClF5N6O. The van der Waals surface area contributed by atoms with Crippen LogP contribution in [-0.2, 0) is 19.8 Å². The van der Waals surface area contributed by atoms with Crippen molar-refractivity contribution in [1.29, 1.82) is 0 Å². The van der Waals surface area contributed by atoms with Gasteiger partial charge in [0.15, 0.2) is 5.69 Å². The number of alkyl halides is 5. The van der Waals surface area contributed by atoms with E-state index in [0.717, 1.165) is 17.1 Å². The average molecular weight is 435 g/mol. The molecule has 29 heavy (non-hydrogen) atoms. The molecule has 2 aromatic heterocycles. The molecule has 0 unspecified atom stereocenters. The molecule has 154 valence electrons. The van der Waals surface area contributed by atoms with E-state index in [-0.39, 0.29) is 40.5 Å². The number of hydrogen-bond donors (Lipinski definition) is 1. The first kappa shape index (κ1) is 20.7. The maximum Gasteiger partial charge on any atom is 0.434 e. The van der Waals surface area contributed by atoms with Gasteiger partial charge in [-0.15, -0.1) is 0 Å². The molecule has 3 aromatic rings. The van der Waals surface area contributed by atoms with Crippen LogP contribution in [-0.4, -0.2) is 31.1 Å². The monoisotopic (exact) mass is 434 g/mol. The van der Waals surface area contributed by atoms with E-state index < -0.39 is 18.5 Å². The van der Waals surface area contributed by atoms with E-state index in [1.54, 1.807) is 0 Å². The summed E-state index contributed by atoms with van der Waals surface area (Å²) in [6.07, 6.45) is -2.66. The summed E-state index contributed by atoms with van der Waals surface area (Å²) in [7, 11) is 1.37. The Labute approximate surface area is 165 Å². The maximum atomic E-state index is 12.9. The maximum absolute atomic E-state index is 12.9. The van der Waals surface area contributed by atoms with E-state index in [4.69, 9.17) is 11.6 Å². The first-order valence-electron chi connectivity index (χ1n) is 7.90. The van der Waals surface area contributed by atoms with Crippen molar-refractivity contribution in [3.63, 3.8) is 0 Å². The third-order valence-electron chi connectivity index (χ3n) is 3.69. The first-order valence-corrected chi connectivity index (χ1v) is 8.28. The van der Waals surface area contributed by atoms with Gasteiger partial charge in [0.25, 0.3) is 0 Å². The summed E-state index contributed by atoms with van der Waals surface area (Å²) in [5, 5.41) is 2.71. The second-order valence-electron chi connectivity index (χ2n) is 5.69. The highest BCUT2D eigenvalue weighted by molar-refractivity contribution is 6.28. The lowest BCUT2D eigenvalue weighted by Gasteiger charge is -2.13. The van der Waals surface area contributed by atoms with Crippen LogP contribution in [0.1, 0.15) is 11.3 Å². The summed E-state index contributed by atoms with van der Waals surface area (Å²) >= 11 is 5.65. The van der Waals surface area contributed by atoms with Crippen molar-refractivity contribution in [3.8, 4) is 17.1 Å². The van der Waals surface area contributed by atoms with Gasteiger partial charge in [-0.05, 0) is 17.7 Å². The number of aryl methyl sites for hydroxylation is 1. The highest BCUT2D eigenvalue weighted by Crippen LogP contribution is 2.33. The number of nitrogens with zero attached hydrogens (tertiary/aromatic N) is 5. The third-order valence-corrected chi connectivity index (χ3v) is 3.87. The Morgan fingerprint density at radius 3 is 2.59 bits per heavy atom. The Hall–Kier alpha value is -3.02. The molecule has 2 heterocycles. The van der Waals surface area contributed by atoms with Crippen molar-refractivity contribution >= 4 is 17.5 Å². The number of anilines is 1. The molecule has 0 aliphatic carbocycles. The molecule has 0 aliphatic heterocycles. The Kier molecular flexibility index (Phi) is 5.82. The third kappa shape index (κ3) is 5.08. The molecule has 7 nitrogen and oxygen atoms in total. The van der Waals surface area contributed by atoms with E-state index >= 15 is 0 Å². The summed E-state index contributed by atoms with van der Waals surface area (Å²) < 4.78 is 69.9. The number of halogens is 6. The number of benzene rings is 1. The fourth-order valence-electron chi connectivity index (χ4n) is 2.45. The molecule has 0 amide bonds. The van der Waals surface area contributed by atoms with E-state index in [2.05, 4.69) is 30.0 Å². The summed E-state index contributed by atoms with van der Waals surface area (Å²) in [4.78, 5) is 14.8. The predicted octanol–water partition coefficient (Wildman–Crippen LogP) is 4.16. The molecule has 0 bridgehead atoms. The summed E-state index contributed by atoms with van der Waals surface area (Å²) in [5.74, 6) is -0.182. The van der Waals surface area contributed by atoms with E-state index in [1.807, 2.05) is 0 Å². The van der Waals surface area contributed by atoms with Gasteiger partial charge in [0.2, 0.25) is 11.2 Å². The molecule has 3 rings (SSSR count). The Bertz CT molecular complexity index is 1010. The summed E-state index contributed by atoms with van der Waals surface area (Å²) in [5.41, 5.74) is -0.634. The van der Waals surface area contributed by atoms with E-state index in [1.165, 1.54) is 25.2 Å². The second-order valence-corrected chi connectivity index (χ2v) is 6.03. The van der Waals surface area contributed by atoms with Gasteiger partial charge in [-0.2, -0.15) is 26.9 Å². The highest BCUT2D eigenvalue weighted by atomic mass is 35.5. The van der Waals surface area contributed by atoms with Crippen molar-refractivity contribution in [2.24, 2.45) is 7.05 Å².